The molecule has 1 heterocycles. The molecule has 0 radical (unpaired) electrons. The van der Waals surface area contributed by atoms with E-state index in [9.17, 15) is 14.0 Å². The highest BCUT2D eigenvalue weighted by Crippen LogP contribution is 2.33. The van der Waals surface area contributed by atoms with E-state index in [4.69, 9.17) is 9.47 Å². The van der Waals surface area contributed by atoms with Gasteiger partial charge in [0.25, 0.3) is 5.91 Å². The maximum absolute atomic E-state index is 13.3. The second-order valence-corrected chi connectivity index (χ2v) is 7.64. The fraction of sp³-hybridized carbons (Fsp3) is 0.148. The SMILES string of the molecule is COc1ccc([C@H]2CC(c3ccccc3)=NN2C(=O)COC(=O)/C=C\c2cccc(F)c2)cc1. The smallest absolute Gasteiger partial charge is 0.331 e. The van der Waals surface area contributed by atoms with Gasteiger partial charge >= 0.3 is 5.97 Å². The van der Waals surface area contributed by atoms with Crippen molar-refractivity contribution in [1.29, 1.82) is 0 Å². The zero-order chi connectivity index (χ0) is 23.9. The van der Waals surface area contributed by atoms with E-state index in [-0.39, 0.29) is 6.04 Å². The molecule has 0 saturated heterocycles. The second-order valence-electron chi connectivity index (χ2n) is 7.64. The lowest BCUT2D eigenvalue weighted by Gasteiger charge is -2.22. The van der Waals surface area contributed by atoms with E-state index in [0.29, 0.717) is 17.7 Å². The third-order valence-corrected chi connectivity index (χ3v) is 5.37. The van der Waals surface area contributed by atoms with Crippen LogP contribution < -0.4 is 4.74 Å². The van der Waals surface area contributed by atoms with Gasteiger partial charge in [0.1, 0.15) is 11.6 Å². The topological polar surface area (TPSA) is 68.2 Å². The molecule has 3 aromatic rings. The molecule has 172 valence electrons. The number of hydrogen-bond acceptors (Lipinski definition) is 5. The Morgan fingerprint density at radius 2 is 1.82 bits per heavy atom. The lowest BCUT2D eigenvalue weighted by Crippen LogP contribution is -2.31. The second kappa shape index (κ2) is 10.6. The Morgan fingerprint density at radius 3 is 2.53 bits per heavy atom. The maximum Gasteiger partial charge on any atom is 0.331 e. The Morgan fingerprint density at radius 1 is 1.06 bits per heavy atom. The lowest BCUT2D eigenvalue weighted by molar-refractivity contribution is -0.149. The number of esters is 1. The Labute approximate surface area is 196 Å². The third-order valence-electron chi connectivity index (χ3n) is 5.37. The molecule has 0 unspecified atom stereocenters. The van der Waals surface area contributed by atoms with Crippen LogP contribution in [0.2, 0.25) is 0 Å². The fourth-order valence-corrected chi connectivity index (χ4v) is 3.65. The van der Waals surface area contributed by atoms with Crippen molar-refractivity contribution in [2.75, 3.05) is 13.7 Å². The number of rotatable bonds is 7. The van der Waals surface area contributed by atoms with E-state index in [1.165, 1.54) is 23.2 Å². The van der Waals surface area contributed by atoms with E-state index >= 15 is 0 Å². The predicted octanol–water partition coefficient (Wildman–Crippen LogP) is 4.77. The van der Waals surface area contributed by atoms with Crippen LogP contribution in [0.4, 0.5) is 4.39 Å². The molecule has 0 N–H and O–H groups in total. The number of halogens is 1. The number of benzene rings is 3. The summed E-state index contributed by atoms with van der Waals surface area (Å²) < 4.78 is 23.6. The molecular weight excluding hydrogens is 435 g/mol. The summed E-state index contributed by atoms with van der Waals surface area (Å²) in [5.74, 6) is -0.844. The Balaban J connectivity index is 1.47. The molecular formula is C27H23FN2O4. The minimum absolute atomic E-state index is 0.338. The first-order valence-electron chi connectivity index (χ1n) is 10.7. The third kappa shape index (κ3) is 5.56. The van der Waals surface area contributed by atoms with Gasteiger partial charge < -0.3 is 9.47 Å². The number of ether oxygens (including phenoxy) is 2. The largest absolute Gasteiger partial charge is 0.497 e. The first-order chi connectivity index (χ1) is 16.5. The molecule has 0 aliphatic carbocycles. The number of methoxy groups -OCH3 is 1. The highest BCUT2D eigenvalue weighted by atomic mass is 19.1. The number of carbonyl (C=O) groups is 2. The average Bonchev–Trinajstić information content (AvgIpc) is 3.32. The quantitative estimate of drug-likeness (QED) is 0.378. The van der Waals surface area contributed by atoms with Crippen molar-refractivity contribution < 1.29 is 23.5 Å². The molecule has 4 rings (SSSR count). The van der Waals surface area contributed by atoms with Crippen molar-refractivity contribution in [3.8, 4) is 5.75 Å². The van der Waals surface area contributed by atoms with Crippen LogP contribution in [0.15, 0.2) is 90.0 Å². The molecule has 1 aliphatic rings. The summed E-state index contributed by atoms with van der Waals surface area (Å²) in [4.78, 5) is 25.1. The van der Waals surface area contributed by atoms with Gasteiger partial charge in [-0.1, -0.05) is 54.6 Å². The molecule has 1 aliphatic heterocycles. The number of hydrazone groups is 1. The van der Waals surface area contributed by atoms with Gasteiger partial charge in [-0.3, -0.25) is 4.79 Å². The van der Waals surface area contributed by atoms with E-state index in [1.54, 1.807) is 19.2 Å². The number of carbonyl (C=O) groups excluding carboxylic acids is 2. The Hall–Kier alpha value is -4.26. The minimum Gasteiger partial charge on any atom is -0.497 e. The van der Waals surface area contributed by atoms with Gasteiger partial charge in [-0.25, -0.2) is 14.2 Å². The Bertz CT molecular complexity index is 1220. The van der Waals surface area contributed by atoms with Crippen LogP contribution in [0.25, 0.3) is 6.08 Å². The monoisotopic (exact) mass is 458 g/mol. The Kier molecular flexibility index (Phi) is 7.13. The molecule has 0 bridgehead atoms. The molecule has 0 saturated carbocycles. The summed E-state index contributed by atoms with van der Waals surface area (Å²) >= 11 is 0. The molecule has 0 spiro atoms. The van der Waals surface area contributed by atoms with Crippen molar-refractivity contribution in [1.82, 2.24) is 5.01 Å². The van der Waals surface area contributed by atoms with Crippen molar-refractivity contribution in [3.05, 3.63) is 107 Å². The molecule has 34 heavy (non-hydrogen) atoms. The van der Waals surface area contributed by atoms with Crippen LogP contribution in [0.5, 0.6) is 5.75 Å². The van der Waals surface area contributed by atoms with Gasteiger partial charge in [0.2, 0.25) is 0 Å². The van der Waals surface area contributed by atoms with E-state index < -0.39 is 24.3 Å². The predicted molar refractivity (Wildman–Crippen MR) is 127 cm³/mol. The van der Waals surface area contributed by atoms with Gasteiger partial charge in [-0.05, 0) is 47.0 Å². The van der Waals surface area contributed by atoms with Crippen LogP contribution in [-0.2, 0) is 14.3 Å². The molecule has 0 aromatic heterocycles. The van der Waals surface area contributed by atoms with Gasteiger partial charge in [-0.15, -0.1) is 0 Å². The first kappa shape index (κ1) is 22.9. The molecule has 0 fully saturated rings. The zero-order valence-corrected chi connectivity index (χ0v) is 18.6. The highest BCUT2D eigenvalue weighted by Gasteiger charge is 2.33. The summed E-state index contributed by atoms with van der Waals surface area (Å²) in [6, 6.07) is 22.5. The van der Waals surface area contributed by atoms with Crippen LogP contribution in [0.1, 0.15) is 29.2 Å². The fourth-order valence-electron chi connectivity index (χ4n) is 3.65. The van der Waals surface area contributed by atoms with E-state index in [0.717, 1.165) is 22.9 Å². The van der Waals surface area contributed by atoms with Crippen molar-refractivity contribution in [2.45, 2.75) is 12.5 Å². The highest BCUT2D eigenvalue weighted by molar-refractivity contribution is 6.03. The summed E-state index contributed by atoms with van der Waals surface area (Å²) in [5.41, 5.74) is 3.10. The maximum atomic E-state index is 13.3. The van der Waals surface area contributed by atoms with Gasteiger partial charge in [0.15, 0.2) is 6.61 Å². The van der Waals surface area contributed by atoms with Crippen LogP contribution in [-0.4, -0.2) is 36.3 Å². The van der Waals surface area contributed by atoms with Crippen molar-refractivity contribution in [2.24, 2.45) is 5.10 Å². The molecule has 6 nitrogen and oxygen atoms in total. The van der Waals surface area contributed by atoms with Gasteiger partial charge in [-0.2, -0.15) is 5.10 Å². The number of amides is 1. The molecule has 3 aromatic carbocycles. The van der Waals surface area contributed by atoms with Gasteiger partial charge in [0.05, 0.1) is 18.9 Å². The molecule has 1 atom stereocenters. The van der Waals surface area contributed by atoms with E-state index in [2.05, 4.69) is 5.10 Å². The van der Waals surface area contributed by atoms with Crippen molar-refractivity contribution in [3.63, 3.8) is 0 Å². The molecule has 1 amide bonds. The average molecular weight is 458 g/mol. The normalized spacial score (nSPS) is 15.3. The zero-order valence-electron chi connectivity index (χ0n) is 18.6. The molecule has 7 heteroatoms. The van der Waals surface area contributed by atoms with Crippen LogP contribution in [0, 0.1) is 5.82 Å². The number of hydrogen-bond donors (Lipinski definition) is 0. The van der Waals surface area contributed by atoms with Crippen LogP contribution in [0.3, 0.4) is 0 Å². The van der Waals surface area contributed by atoms with Crippen molar-refractivity contribution >= 4 is 23.7 Å². The first-order valence-corrected chi connectivity index (χ1v) is 10.7. The summed E-state index contributed by atoms with van der Waals surface area (Å²) in [6.07, 6.45) is 3.11. The number of nitrogens with zero attached hydrogens (tertiary/aromatic N) is 2. The van der Waals surface area contributed by atoms with Gasteiger partial charge in [0, 0.05) is 12.5 Å². The minimum atomic E-state index is -0.704. The summed E-state index contributed by atoms with van der Waals surface area (Å²) in [5, 5.41) is 5.93. The van der Waals surface area contributed by atoms with E-state index in [1.807, 2.05) is 54.6 Å². The summed E-state index contributed by atoms with van der Waals surface area (Å²) in [6.45, 7) is -0.468. The summed E-state index contributed by atoms with van der Waals surface area (Å²) in [7, 11) is 1.59. The van der Waals surface area contributed by atoms with Crippen LogP contribution >= 0.6 is 0 Å². The standard InChI is InChI=1S/C27H23FN2O4/c1-33-23-13-11-21(12-14-23)25-17-24(20-7-3-2-4-8-20)29-30(25)26(31)18-34-27(32)15-10-19-6-5-9-22(28)16-19/h2-16,25H,17-18H2,1H3/b15-10-/t25-/m1/s1. The lowest BCUT2D eigenvalue weighted by atomic mass is 9.98.